The maximum absolute atomic E-state index is 12.8. The predicted molar refractivity (Wildman–Crippen MR) is 127 cm³/mol. The first-order valence-electron chi connectivity index (χ1n) is 9.86. The molecule has 2 aromatic carbocycles. The van der Waals surface area contributed by atoms with E-state index in [1.807, 2.05) is 42.6 Å². The maximum Gasteiger partial charge on any atom is 0.250 e. The van der Waals surface area contributed by atoms with Crippen LogP contribution < -0.4 is 10.2 Å². The van der Waals surface area contributed by atoms with E-state index in [0.717, 1.165) is 22.5 Å². The quantitative estimate of drug-likeness (QED) is 0.437. The molecular weight excluding hydrogens is 469 g/mol. The average Bonchev–Trinajstić information content (AvgIpc) is 3.43. The van der Waals surface area contributed by atoms with Gasteiger partial charge >= 0.3 is 0 Å². The fourth-order valence-corrected chi connectivity index (χ4v) is 5.01. The smallest absolute Gasteiger partial charge is 0.250 e. The molecule has 1 fully saturated rings. The lowest BCUT2D eigenvalue weighted by molar-refractivity contribution is -0.122. The number of carbonyl (C=O) groups is 2. The zero-order valence-electron chi connectivity index (χ0n) is 16.9. The van der Waals surface area contributed by atoms with E-state index >= 15 is 0 Å². The number of halogens is 2. The van der Waals surface area contributed by atoms with E-state index in [9.17, 15) is 9.59 Å². The maximum atomic E-state index is 12.8. The van der Waals surface area contributed by atoms with Crippen LogP contribution in [0, 0.1) is 12.8 Å². The third kappa shape index (κ3) is 3.85. The Balaban J connectivity index is 1.34. The number of hydrogen-bond acceptors (Lipinski definition) is 5. The molecule has 10 heteroatoms. The molecule has 7 nitrogen and oxygen atoms in total. The number of fused-ring (bicyclic) bond motifs is 1. The lowest BCUT2D eigenvalue weighted by Crippen LogP contribution is -2.28. The number of aryl methyl sites for hydroxylation is 1. The molecule has 0 bridgehead atoms. The van der Waals surface area contributed by atoms with Crippen molar-refractivity contribution in [3.63, 3.8) is 0 Å². The van der Waals surface area contributed by atoms with Crippen molar-refractivity contribution in [1.82, 2.24) is 14.6 Å². The number of rotatable bonds is 4. The van der Waals surface area contributed by atoms with Gasteiger partial charge in [-0.05, 0) is 37.3 Å². The highest BCUT2D eigenvalue weighted by molar-refractivity contribution is 7.15. The first-order valence-corrected chi connectivity index (χ1v) is 11.5. The lowest BCUT2D eigenvalue weighted by Gasteiger charge is -2.16. The van der Waals surface area contributed by atoms with Crippen molar-refractivity contribution >= 4 is 62.9 Å². The van der Waals surface area contributed by atoms with Gasteiger partial charge in [0.1, 0.15) is 0 Å². The second-order valence-corrected chi connectivity index (χ2v) is 9.29. The zero-order valence-corrected chi connectivity index (χ0v) is 19.2. The molecule has 1 saturated heterocycles. The molecule has 1 unspecified atom stereocenters. The Morgan fingerprint density at radius 3 is 2.72 bits per heavy atom. The minimum atomic E-state index is -0.476. The normalized spacial score (nSPS) is 16.2. The topological polar surface area (TPSA) is 79.6 Å². The number of thiazole rings is 1. The average molecular weight is 486 g/mol. The molecule has 0 radical (unpaired) electrons. The van der Waals surface area contributed by atoms with E-state index in [2.05, 4.69) is 15.4 Å². The highest BCUT2D eigenvalue weighted by Gasteiger charge is 2.35. The third-order valence-electron chi connectivity index (χ3n) is 5.37. The van der Waals surface area contributed by atoms with Crippen LogP contribution >= 0.6 is 34.5 Å². The summed E-state index contributed by atoms with van der Waals surface area (Å²) in [6, 6.07) is 12.9. The van der Waals surface area contributed by atoms with Gasteiger partial charge in [-0.3, -0.25) is 14.9 Å². The predicted octanol–water partition coefficient (Wildman–Crippen LogP) is 5.06. The molecule has 0 saturated carbocycles. The van der Waals surface area contributed by atoms with E-state index in [-0.39, 0.29) is 24.2 Å². The Hall–Kier alpha value is -2.94. The number of carbonyl (C=O) groups excluding carboxylic acids is 2. The van der Waals surface area contributed by atoms with Gasteiger partial charge in [-0.25, -0.2) is 4.52 Å². The molecule has 4 aromatic rings. The summed E-state index contributed by atoms with van der Waals surface area (Å²) in [4.78, 5) is 32.0. The summed E-state index contributed by atoms with van der Waals surface area (Å²) in [7, 11) is 0. The molecule has 162 valence electrons. The van der Waals surface area contributed by atoms with Crippen molar-refractivity contribution < 1.29 is 9.59 Å². The summed E-state index contributed by atoms with van der Waals surface area (Å²) in [5.41, 5.74) is 3.42. The second-order valence-electron chi connectivity index (χ2n) is 7.61. The minimum absolute atomic E-state index is 0.0764. The van der Waals surface area contributed by atoms with Gasteiger partial charge in [0.15, 0.2) is 0 Å². The number of nitrogens with zero attached hydrogens (tertiary/aromatic N) is 4. The fraction of sp³-hybridized carbons (Fsp3) is 0.182. The Labute approximate surface area is 197 Å². The third-order valence-corrected chi connectivity index (χ3v) is 6.73. The summed E-state index contributed by atoms with van der Waals surface area (Å²) >= 11 is 13.7. The molecule has 5 rings (SSSR count). The summed E-state index contributed by atoms with van der Waals surface area (Å²) in [5, 5.41) is 10.1. The number of anilines is 2. The molecule has 3 heterocycles. The van der Waals surface area contributed by atoms with E-state index in [0.29, 0.717) is 21.6 Å². The lowest BCUT2D eigenvalue weighted by atomic mass is 10.1. The van der Waals surface area contributed by atoms with Crippen LogP contribution in [0.4, 0.5) is 11.6 Å². The van der Waals surface area contributed by atoms with Gasteiger partial charge in [-0.15, -0.1) is 16.4 Å². The Morgan fingerprint density at radius 2 is 1.97 bits per heavy atom. The van der Waals surface area contributed by atoms with E-state index in [4.69, 9.17) is 23.2 Å². The van der Waals surface area contributed by atoms with Crippen LogP contribution in [0.25, 0.3) is 16.2 Å². The summed E-state index contributed by atoms with van der Waals surface area (Å²) in [5.74, 6) is -0.644. The summed E-state index contributed by atoms with van der Waals surface area (Å²) in [6.45, 7) is 2.31. The van der Waals surface area contributed by atoms with Gasteiger partial charge in [0.25, 0.3) is 0 Å². The monoisotopic (exact) mass is 485 g/mol. The van der Waals surface area contributed by atoms with Crippen LogP contribution in [0.5, 0.6) is 0 Å². The number of amides is 2. The van der Waals surface area contributed by atoms with Crippen LogP contribution in [0.2, 0.25) is 10.0 Å². The largest absolute Gasteiger partial charge is 0.312 e. The molecule has 1 atom stereocenters. The first kappa shape index (κ1) is 20.9. The van der Waals surface area contributed by atoms with Crippen LogP contribution in [0.1, 0.15) is 12.0 Å². The Morgan fingerprint density at radius 1 is 1.19 bits per heavy atom. The minimum Gasteiger partial charge on any atom is -0.312 e. The molecule has 2 aromatic heterocycles. The number of nitrogens with one attached hydrogen (secondary N) is 1. The van der Waals surface area contributed by atoms with Gasteiger partial charge in [-0.1, -0.05) is 40.9 Å². The van der Waals surface area contributed by atoms with Crippen LogP contribution in [0.3, 0.4) is 0 Å². The Bertz CT molecular complexity index is 1350. The summed E-state index contributed by atoms with van der Waals surface area (Å²) in [6.07, 6.45) is 0.146. The highest BCUT2D eigenvalue weighted by Crippen LogP contribution is 2.33. The van der Waals surface area contributed by atoms with Gasteiger partial charge < -0.3 is 4.90 Å². The van der Waals surface area contributed by atoms with Crippen molar-refractivity contribution in [1.29, 1.82) is 0 Å². The van der Waals surface area contributed by atoms with E-state index < -0.39 is 5.92 Å². The standard InChI is InChI=1S/C22H17Cl2N5O2S/c1-12-2-5-15(6-3-12)28-10-13(8-19(28)30)20(31)25-21-26-22-29(27-21)18(11-32-22)16-7-4-14(23)9-17(16)24/h2-7,9,11,13H,8,10H2,1H3,(H,25,27,31). The zero-order chi connectivity index (χ0) is 22.4. The number of hydrogen-bond donors (Lipinski definition) is 1. The molecule has 1 aliphatic rings. The van der Waals surface area contributed by atoms with E-state index in [1.165, 1.54) is 11.3 Å². The molecule has 32 heavy (non-hydrogen) atoms. The first-order chi connectivity index (χ1) is 15.4. The number of aromatic nitrogens is 3. The molecule has 1 aliphatic heterocycles. The molecular formula is C22H17Cl2N5O2S. The van der Waals surface area contributed by atoms with Crippen molar-refractivity contribution in [3.8, 4) is 11.3 Å². The van der Waals surface area contributed by atoms with Gasteiger partial charge in [0.05, 0.1) is 16.6 Å². The van der Waals surface area contributed by atoms with Gasteiger partial charge in [-0.2, -0.15) is 4.98 Å². The molecule has 0 spiro atoms. The SMILES string of the molecule is Cc1ccc(N2CC(C(=O)Nc3nc4scc(-c5ccc(Cl)cc5Cl)n4n3)CC2=O)cc1. The molecule has 1 N–H and O–H groups in total. The van der Waals surface area contributed by atoms with Crippen molar-refractivity contribution in [2.24, 2.45) is 5.92 Å². The Kier molecular flexibility index (Phi) is 5.36. The molecule has 2 amide bonds. The van der Waals surface area contributed by atoms with Crippen molar-refractivity contribution in [2.45, 2.75) is 13.3 Å². The number of benzene rings is 2. The van der Waals surface area contributed by atoms with Crippen molar-refractivity contribution in [3.05, 3.63) is 63.5 Å². The molecule has 0 aliphatic carbocycles. The fourth-order valence-electron chi connectivity index (χ4n) is 3.69. The van der Waals surface area contributed by atoms with E-state index in [1.54, 1.807) is 21.5 Å². The van der Waals surface area contributed by atoms with Gasteiger partial charge in [0.2, 0.25) is 22.7 Å². The van der Waals surface area contributed by atoms with Crippen LogP contribution in [-0.2, 0) is 9.59 Å². The van der Waals surface area contributed by atoms with Crippen LogP contribution in [0.15, 0.2) is 47.8 Å². The van der Waals surface area contributed by atoms with Gasteiger partial charge in [0, 0.05) is 34.6 Å². The summed E-state index contributed by atoms with van der Waals surface area (Å²) < 4.78 is 1.63. The highest BCUT2D eigenvalue weighted by atomic mass is 35.5. The van der Waals surface area contributed by atoms with Crippen LogP contribution in [-0.4, -0.2) is 33.0 Å². The van der Waals surface area contributed by atoms with Crippen molar-refractivity contribution in [2.75, 3.05) is 16.8 Å². The second kappa shape index (κ2) is 8.20.